The van der Waals surface area contributed by atoms with Crippen LogP contribution in [-0.2, 0) is 12.8 Å². The minimum atomic E-state index is -0.117. The van der Waals surface area contributed by atoms with E-state index in [9.17, 15) is 0 Å². The maximum absolute atomic E-state index is 6.27. The number of nitrogens with two attached hydrogens (primary N) is 1. The van der Waals surface area contributed by atoms with Crippen molar-refractivity contribution in [1.29, 1.82) is 0 Å². The van der Waals surface area contributed by atoms with Crippen molar-refractivity contribution in [3.63, 3.8) is 0 Å². The zero-order valence-corrected chi connectivity index (χ0v) is 11.0. The molecule has 0 amide bonds. The van der Waals surface area contributed by atoms with Gasteiger partial charge in [-0.1, -0.05) is 18.2 Å². The second-order valence-corrected chi connectivity index (χ2v) is 5.23. The Balaban J connectivity index is 1.97. The van der Waals surface area contributed by atoms with E-state index in [0.717, 1.165) is 15.8 Å². The van der Waals surface area contributed by atoms with Gasteiger partial charge in [-0.2, -0.15) is 0 Å². The van der Waals surface area contributed by atoms with Gasteiger partial charge in [0.2, 0.25) is 0 Å². The summed E-state index contributed by atoms with van der Waals surface area (Å²) < 4.78 is 5.96. The first-order chi connectivity index (χ1) is 8.25. The molecule has 3 heteroatoms. The van der Waals surface area contributed by atoms with E-state index in [0.29, 0.717) is 0 Å². The molecule has 0 fully saturated rings. The number of fused-ring (bicyclic) bond motifs is 1. The van der Waals surface area contributed by atoms with Gasteiger partial charge in [-0.05, 0) is 57.9 Å². The van der Waals surface area contributed by atoms with Gasteiger partial charge in [-0.3, -0.25) is 0 Å². The Bertz CT molecular complexity index is 547. The third-order valence-corrected chi connectivity index (χ3v) is 4.11. The summed E-state index contributed by atoms with van der Waals surface area (Å²) in [5.74, 6) is 0. The third-order valence-electron chi connectivity index (χ3n) is 3.46. The smallest absolute Gasteiger partial charge is 0.174 e. The molecule has 2 N–H and O–H groups in total. The number of halogens is 1. The Kier molecular flexibility index (Phi) is 2.81. The minimum Gasteiger partial charge on any atom is -0.457 e. The highest BCUT2D eigenvalue weighted by molar-refractivity contribution is 9.10. The molecule has 1 unspecified atom stereocenters. The molecular weight excluding hydrogens is 278 g/mol. The van der Waals surface area contributed by atoms with Crippen LogP contribution >= 0.6 is 15.9 Å². The van der Waals surface area contributed by atoms with Gasteiger partial charge in [0.05, 0.1) is 12.3 Å². The summed E-state index contributed by atoms with van der Waals surface area (Å²) >= 11 is 3.38. The fraction of sp³-hybridized carbons (Fsp3) is 0.286. The summed E-state index contributed by atoms with van der Waals surface area (Å²) in [7, 11) is 0. The Morgan fingerprint density at radius 2 is 2.00 bits per heavy atom. The number of hydrogen-bond acceptors (Lipinski definition) is 2. The van der Waals surface area contributed by atoms with Crippen molar-refractivity contribution in [2.75, 3.05) is 0 Å². The average molecular weight is 292 g/mol. The lowest BCUT2D eigenvalue weighted by atomic mass is 9.98. The molecule has 1 aromatic heterocycles. The zero-order valence-electron chi connectivity index (χ0n) is 9.45. The van der Waals surface area contributed by atoms with Crippen molar-refractivity contribution >= 4 is 15.9 Å². The van der Waals surface area contributed by atoms with Gasteiger partial charge in [0.25, 0.3) is 0 Å². The number of hydrogen-bond donors (Lipinski definition) is 1. The lowest BCUT2D eigenvalue weighted by Gasteiger charge is -2.12. The minimum absolute atomic E-state index is 0.117. The molecular formula is C14H14BrNO. The number of furan rings is 1. The molecule has 0 saturated carbocycles. The molecule has 0 bridgehead atoms. The van der Waals surface area contributed by atoms with Crippen LogP contribution in [0.2, 0.25) is 0 Å². The molecule has 0 aliphatic heterocycles. The predicted molar refractivity (Wildman–Crippen MR) is 70.9 cm³/mol. The Labute approximate surface area is 109 Å². The van der Waals surface area contributed by atoms with E-state index in [1.807, 2.05) is 6.07 Å². The molecule has 1 aromatic carbocycles. The summed E-state index contributed by atoms with van der Waals surface area (Å²) in [5.41, 5.74) is 11.4. The summed E-state index contributed by atoms with van der Waals surface area (Å²) in [6, 6.07) is 8.39. The van der Waals surface area contributed by atoms with E-state index in [4.69, 9.17) is 10.2 Å². The van der Waals surface area contributed by atoms with E-state index in [1.165, 1.54) is 30.4 Å². The van der Waals surface area contributed by atoms with Gasteiger partial charge in [-0.15, -0.1) is 0 Å². The Hall–Kier alpha value is -1.06. The van der Waals surface area contributed by atoms with E-state index in [-0.39, 0.29) is 6.04 Å². The molecule has 2 aromatic rings. The number of aryl methyl sites for hydroxylation is 2. The van der Waals surface area contributed by atoms with E-state index in [1.54, 1.807) is 6.26 Å². The first-order valence-electron chi connectivity index (χ1n) is 5.86. The van der Waals surface area contributed by atoms with Gasteiger partial charge in [-0.25, -0.2) is 0 Å². The van der Waals surface area contributed by atoms with Gasteiger partial charge < -0.3 is 10.2 Å². The quantitative estimate of drug-likeness (QED) is 0.919. The van der Waals surface area contributed by atoms with Gasteiger partial charge >= 0.3 is 0 Å². The van der Waals surface area contributed by atoms with Crippen LogP contribution in [0.5, 0.6) is 0 Å². The van der Waals surface area contributed by atoms with Crippen molar-refractivity contribution in [1.82, 2.24) is 0 Å². The monoisotopic (exact) mass is 291 g/mol. The lowest BCUT2D eigenvalue weighted by Crippen LogP contribution is -2.11. The van der Waals surface area contributed by atoms with Crippen molar-refractivity contribution in [3.05, 3.63) is 57.5 Å². The first kappa shape index (κ1) is 11.1. The summed E-state index contributed by atoms with van der Waals surface area (Å²) in [4.78, 5) is 0. The molecule has 1 aliphatic carbocycles. The molecule has 3 rings (SSSR count). The fourth-order valence-corrected chi connectivity index (χ4v) is 2.98. The van der Waals surface area contributed by atoms with Crippen LogP contribution in [-0.4, -0.2) is 0 Å². The van der Waals surface area contributed by atoms with E-state index < -0.39 is 0 Å². The second-order valence-electron chi connectivity index (χ2n) is 4.51. The number of rotatable bonds is 2. The van der Waals surface area contributed by atoms with Crippen LogP contribution in [0.3, 0.4) is 0 Å². The molecule has 1 heterocycles. The average Bonchev–Trinajstić information content (AvgIpc) is 2.95. The summed E-state index contributed by atoms with van der Waals surface area (Å²) in [6.07, 6.45) is 5.32. The molecule has 0 radical (unpaired) electrons. The molecule has 2 nitrogen and oxygen atoms in total. The van der Waals surface area contributed by atoms with Gasteiger partial charge in [0.1, 0.15) is 0 Å². The van der Waals surface area contributed by atoms with Gasteiger partial charge in [0, 0.05) is 5.56 Å². The van der Waals surface area contributed by atoms with Gasteiger partial charge in [0.15, 0.2) is 4.67 Å². The molecule has 0 spiro atoms. The third kappa shape index (κ3) is 1.94. The van der Waals surface area contributed by atoms with Crippen molar-refractivity contribution in [2.24, 2.45) is 5.73 Å². The Morgan fingerprint density at radius 3 is 2.76 bits per heavy atom. The second kappa shape index (κ2) is 4.31. The highest BCUT2D eigenvalue weighted by atomic mass is 79.9. The summed E-state index contributed by atoms with van der Waals surface area (Å²) in [5, 5.41) is 0. The molecule has 0 saturated heterocycles. The van der Waals surface area contributed by atoms with Crippen molar-refractivity contribution in [2.45, 2.75) is 25.3 Å². The fourth-order valence-electron chi connectivity index (χ4n) is 2.49. The first-order valence-corrected chi connectivity index (χ1v) is 6.65. The van der Waals surface area contributed by atoms with Crippen LogP contribution < -0.4 is 5.73 Å². The predicted octanol–water partition coefficient (Wildman–Crippen LogP) is 3.58. The SMILES string of the molecule is NC(c1ccc2c(c1)CCC2)c1ccoc1Br. The lowest BCUT2D eigenvalue weighted by molar-refractivity contribution is 0.534. The maximum atomic E-state index is 6.27. The van der Waals surface area contributed by atoms with E-state index in [2.05, 4.69) is 34.1 Å². The summed E-state index contributed by atoms with van der Waals surface area (Å²) in [6.45, 7) is 0. The van der Waals surface area contributed by atoms with Crippen LogP contribution in [0.15, 0.2) is 39.6 Å². The van der Waals surface area contributed by atoms with Crippen LogP contribution in [0.4, 0.5) is 0 Å². The van der Waals surface area contributed by atoms with Crippen LogP contribution in [0.25, 0.3) is 0 Å². The molecule has 88 valence electrons. The standard InChI is InChI=1S/C14H14BrNO/c15-14-12(6-7-17-14)13(16)11-5-4-9-2-1-3-10(9)8-11/h4-8,13H,1-3,16H2. The molecule has 1 atom stereocenters. The molecule has 17 heavy (non-hydrogen) atoms. The topological polar surface area (TPSA) is 39.2 Å². The highest BCUT2D eigenvalue weighted by Crippen LogP contribution is 2.30. The van der Waals surface area contributed by atoms with Crippen LogP contribution in [0.1, 0.15) is 34.7 Å². The highest BCUT2D eigenvalue weighted by Gasteiger charge is 2.17. The normalized spacial score (nSPS) is 15.9. The maximum Gasteiger partial charge on any atom is 0.174 e. The van der Waals surface area contributed by atoms with Crippen molar-refractivity contribution in [3.8, 4) is 0 Å². The van der Waals surface area contributed by atoms with Crippen molar-refractivity contribution < 1.29 is 4.42 Å². The van der Waals surface area contributed by atoms with Crippen LogP contribution in [0, 0.1) is 0 Å². The largest absolute Gasteiger partial charge is 0.457 e. The van der Waals surface area contributed by atoms with E-state index >= 15 is 0 Å². The molecule has 1 aliphatic rings. The Morgan fingerprint density at radius 1 is 1.18 bits per heavy atom. The zero-order chi connectivity index (χ0) is 11.8. The number of benzene rings is 1.